The summed E-state index contributed by atoms with van der Waals surface area (Å²) in [5.74, 6) is -4.99. The first-order chi connectivity index (χ1) is 9.22. The highest BCUT2D eigenvalue weighted by molar-refractivity contribution is 5.96. The van der Waals surface area contributed by atoms with Gasteiger partial charge >= 0.3 is 29.8 Å². The average Bonchev–Trinajstić information content (AvgIpc) is 2.27. The fourth-order valence-electron chi connectivity index (χ4n) is 1.55. The molecule has 0 aromatic rings. The lowest BCUT2D eigenvalue weighted by atomic mass is 10.0. The molecule has 1 aliphatic rings. The quantitative estimate of drug-likeness (QED) is 0.360. The smallest absolute Gasteiger partial charge is 0.359 e. The minimum Gasteiger partial charge on any atom is -0.453 e. The maximum absolute atomic E-state index is 11.5. The van der Waals surface area contributed by atoms with Crippen molar-refractivity contribution in [2.75, 3.05) is 0 Å². The molecule has 1 rings (SSSR count). The van der Waals surface area contributed by atoms with E-state index in [0.29, 0.717) is 0 Å². The fourth-order valence-corrected chi connectivity index (χ4v) is 1.55. The highest BCUT2D eigenvalue weighted by atomic mass is 16.7. The van der Waals surface area contributed by atoms with Crippen molar-refractivity contribution in [2.45, 2.75) is 39.1 Å². The van der Waals surface area contributed by atoms with Gasteiger partial charge in [-0.2, -0.15) is 0 Å². The molecule has 0 spiro atoms. The van der Waals surface area contributed by atoms with E-state index < -0.39 is 48.2 Å². The van der Waals surface area contributed by atoms with Crippen LogP contribution in [0.15, 0.2) is 0 Å². The number of esters is 5. The lowest BCUT2D eigenvalue weighted by Crippen LogP contribution is -2.57. The first kappa shape index (κ1) is 15.6. The zero-order valence-electron chi connectivity index (χ0n) is 10.9. The molecule has 1 fully saturated rings. The standard InChI is InChI=1S/C11H12O9/c1-4(12)17-7-8(18-5(2)13)10(15)20-11(16)9(7)19-6(3)14/h7-9H,1-3H3. The van der Waals surface area contributed by atoms with E-state index in [1.165, 1.54) is 0 Å². The molecule has 9 nitrogen and oxygen atoms in total. The van der Waals surface area contributed by atoms with Crippen molar-refractivity contribution in [3.63, 3.8) is 0 Å². The zero-order chi connectivity index (χ0) is 15.4. The summed E-state index contributed by atoms with van der Waals surface area (Å²) in [7, 11) is 0. The maximum Gasteiger partial charge on any atom is 0.359 e. The van der Waals surface area contributed by atoms with Crippen LogP contribution in [-0.4, -0.2) is 48.2 Å². The van der Waals surface area contributed by atoms with Crippen molar-refractivity contribution in [1.82, 2.24) is 0 Å². The van der Waals surface area contributed by atoms with Gasteiger partial charge in [-0.25, -0.2) is 9.59 Å². The lowest BCUT2D eigenvalue weighted by molar-refractivity contribution is -0.213. The summed E-state index contributed by atoms with van der Waals surface area (Å²) in [4.78, 5) is 55.9. The van der Waals surface area contributed by atoms with E-state index in [1.807, 2.05) is 0 Å². The van der Waals surface area contributed by atoms with E-state index in [-0.39, 0.29) is 0 Å². The van der Waals surface area contributed by atoms with Crippen LogP contribution in [0.5, 0.6) is 0 Å². The molecule has 1 aliphatic heterocycles. The van der Waals surface area contributed by atoms with Crippen molar-refractivity contribution < 1.29 is 42.9 Å². The number of carbonyl (C=O) groups is 5. The minimum absolute atomic E-state index is 0.855. The second kappa shape index (κ2) is 6.13. The molecule has 0 aromatic heterocycles. The first-order valence-corrected chi connectivity index (χ1v) is 5.49. The molecule has 0 amide bonds. The van der Waals surface area contributed by atoms with Crippen molar-refractivity contribution in [3.8, 4) is 0 Å². The van der Waals surface area contributed by atoms with Crippen LogP contribution in [0.25, 0.3) is 0 Å². The Kier molecular flexibility index (Phi) is 4.78. The Morgan fingerprint density at radius 3 is 1.45 bits per heavy atom. The van der Waals surface area contributed by atoms with Crippen molar-refractivity contribution >= 4 is 29.8 Å². The summed E-state index contributed by atoms with van der Waals surface area (Å²) in [5.41, 5.74) is 0. The number of hydrogen-bond acceptors (Lipinski definition) is 9. The number of cyclic esters (lactones) is 2. The second-order valence-electron chi connectivity index (χ2n) is 3.87. The van der Waals surface area contributed by atoms with Crippen molar-refractivity contribution in [3.05, 3.63) is 0 Å². The Morgan fingerprint density at radius 2 is 1.15 bits per heavy atom. The molecule has 0 aromatic carbocycles. The van der Waals surface area contributed by atoms with Gasteiger partial charge in [-0.05, 0) is 0 Å². The van der Waals surface area contributed by atoms with Crippen LogP contribution < -0.4 is 0 Å². The monoisotopic (exact) mass is 288 g/mol. The maximum atomic E-state index is 11.5. The van der Waals surface area contributed by atoms with Crippen LogP contribution in [0, 0.1) is 0 Å². The predicted octanol–water partition coefficient (Wildman–Crippen LogP) is -1.14. The topological polar surface area (TPSA) is 122 Å². The molecule has 2 unspecified atom stereocenters. The predicted molar refractivity (Wildman–Crippen MR) is 57.8 cm³/mol. The Labute approximate surface area is 113 Å². The van der Waals surface area contributed by atoms with Gasteiger partial charge in [0.25, 0.3) is 0 Å². The number of hydrogen-bond donors (Lipinski definition) is 0. The zero-order valence-corrected chi connectivity index (χ0v) is 10.9. The van der Waals surface area contributed by atoms with Crippen molar-refractivity contribution in [2.24, 2.45) is 0 Å². The molecular weight excluding hydrogens is 276 g/mol. The van der Waals surface area contributed by atoms with Crippen LogP contribution in [0.4, 0.5) is 0 Å². The molecule has 9 heteroatoms. The lowest BCUT2D eigenvalue weighted by Gasteiger charge is -2.32. The molecule has 1 saturated heterocycles. The third-order valence-electron chi connectivity index (χ3n) is 2.15. The van der Waals surface area contributed by atoms with E-state index >= 15 is 0 Å². The van der Waals surface area contributed by atoms with E-state index in [1.54, 1.807) is 0 Å². The van der Waals surface area contributed by atoms with Gasteiger partial charge in [-0.15, -0.1) is 0 Å². The van der Waals surface area contributed by atoms with Gasteiger partial charge < -0.3 is 18.9 Å². The molecule has 0 N–H and O–H groups in total. The Bertz CT molecular complexity index is 433. The van der Waals surface area contributed by atoms with Crippen LogP contribution in [0.2, 0.25) is 0 Å². The molecule has 0 bridgehead atoms. The Hall–Kier alpha value is -2.45. The molecule has 0 aliphatic carbocycles. The average molecular weight is 288 g/mol. The SMILES string of the molecule is CC(=O)OC1C(=O)OC(=O)C(OC(C)=O)C1OC(C)=O. The molecular formula is C11H12O9. The van der Waals surface area contributed by atoms with Crippen molar-refractivity contribution in [1.29, 1.82) is 0 Å². The van der Waals surface area contributed by atoms with Crippen LogP contribution >= 0.6 is 0 Å². The number of rotatable bonds is 3. The second-order valence-corrected chi connectivity index (χ2v) is 3.87. The van der Waals surface area contributed by atoms with Gasteiger partial charge in [0.15, 0.2) is 6.10 Å². The van der Waals surface area contributed by atoms with Gasteiger partial charge in [0.05, 0.1) is 0 Å². The molecule has 0 radical (unpaired) electrons. The molecule has 1 heterocycles. The highest BCUT2D eigenvalue weighted by Gasteiger charge is 2.52. The van der Waals surface area contributed by atoms with Crippen LogP contribution in [-0.2, 0) is 42.9 Å². The number of carbonyl (C=O) groups excluding carboxylic acids is 5. The molecule has 0 saturated carbocycles. The van der Waals surface area contributed by atoms with Crippen LogP contribution in [0.3, 0.4) is 0 Å². The summed E-state index contributed by atoms with van der Waals surface area (Å²) in [6.07, 6.45) is -4.95. The van der Waals surface area contributed by atoms with Gasteiger partial charge in [-0.1, -0.05) is 0 Å². The normalized spacial score (nSPS) is 25.4. The summed E-state index contributed by atoms with van der Waals surface area (Å²) < 4.78 is 18.3. The largest absolute Gasteiger partial charge is 0.453 e. The summed E-state index contributed by atoms with van der Waals surface area (Å²) in [6, 6.07) is 0. The van der Waals surface area contributed by atoms with Gasteiger partial charge in [0, 0.05) is 20.8 Å². The van der Waals surface area contributed by atoms with Gasteiger partial charge in [0.1, 0.15) is 0 Å². The Balaban J connectivity index is 3.08. The summed E-state index contributed by atoms with van der Waals surface area (Å²) in [5, 5.41) is 0. The van der Waals surface area contributed by atoms with Crippen LogP contribution in [0.1, 0.15) is 20.8 Å². The van der Waals surface area contributed by atoms with Gasteiger partial charge in [-0.3, -0.25) is 14.4 Å². The summed E-state index contributed by atoms with van der Waals surface area (Å²) in [6.45, 7) is 3.03. The molecule has 110 valence electrons. The third-order valence-corrected chi connectivity index (χ3v) is 2.15. The van der Waals surface area contributed by atoms with Gasteiger partial charge in [0.2, 0.25) is 12.2 Å². The van der Waals surface area contributed by atoms with E-state index in [0.717, 1.165) is 20.8 Å². The number of ether oxygens (including phenoxy) is 4. The Morgan fingerprint density at radius 1 is 0.800 bits per heavy atom. The minimum atomic E-state index is -1.68. The molecule has 2 atom stereocenters. The molecule has 20 heavy (non-hydrogen) atoms. The summed E-state index contributed by atoms with van der Waals surface area (Å²) >= 11 is 0. The fraction of sp³-hybridized carbons (Fsp3) is 0.545. The first-order valence-electron chi connectivity index (χ1n) is 5.49. The van der Waals surface area contributed by atoms with E-state index in [4.69, 9.17) is 4.74 Å². The van der Waals surface area contributed by atoms with E-state index in [2.05, 4.69) is 14.2 Å². The van der Waals surface area contributed by atoms with E-state index in [9.17, 15) is 24.0 Å². The highest BCUT2D eigenvalue weighted by Crippen LogP contribution is 2.21. The third kappa shape index (κ3) is 3.77.